The van der Waals surface area contributed by atoms with Crippen molar-refractivity contribution in [3.05, 3.63) is 162 Å². The lowest BCUT2D eigenvalue weighted by atomic mass is 10.0. The second kappa shape index (κ2) is 22.2. The topological polar surface area (TPSA) is 248 Å². The van der Waals surface area contributed by atoms with Crippen molar-refractivity contribution >= 4 is 56.9 Å². The molecular weight excluding hydrogens is 847 g/mol. The van der Waals surface area contributed by atoms with Crippen molar-refractivity contribution in [2.24, 2.45) is 0 Å². The zero-order valence-corrected chi connectivity index (χ0v) is 35.9. The van der Waals surface area contributed by atoms with E-state index in [9.17, 15) is 39.6 Å². The van der Waals surface area contributed by atoms with E-state index in [4.69, 9.17) is 18.4 Å². The van der Waals surface area contributed by atoms with E-state index in [0.29, 0.717) is 45.5 Å². The fraction of sp³-hybridized carbons (Fsp3) is 0.157. The fourth-order valence-electron chi connectivity index (χ4n) is 6.15. The minimum absolute atomic E-state index is 0.190. The van der Waals surface area contributed by atoms with Crippen LogP contribution in [0.1, 0.15) is 54.5 Å². The molecule has 15 nitrogen and oxygen atoms in total. The summed E-state index contributed by atoms with van der Waals surface area (Å²) >= 11 is 0. The molecule has 4 atom stereocenters. The van der Waals surface area contributed by atoms with Crippen LogP contribution in [-0.4, -0.2) is 82.9 Å². The first-order valence-corrected chi connectivity index (χ1v) is 20.4. The molecule has 0 fully saturated rings. The van der Waals surface area contributed by atoms with E-state index in [-0.39, 0.29) is 12.4 Å². The second-order valence-corrected chi connectivity index (χ2v) is 14.8. The minimum Gasteiger partial charge on any atom is -0.436 e. The molecule has 0 aliphatic carbocycles. The third-order valence-corrected chi connectivity index (χ3v) is 9.83. The summed E-state index contributed by atoms with van der Waals surface area (Å²) in [4.78, 5) is 55.5. The van der Waals surface area contributed by atoms with Gasteiger partial charge in [-0.05, 0) is 105 Å². The molecule has 9 aromatic rings. The lowest BCUT2D eigenvalue weighted by molar-refractivity contribution is -0.131. The van der Waals surface area contributed by atoms with Crippen LogP contribution in [0.2, 0.25) is 0 Å². The van der Waals surface area contributed by atoms with Crippen LogP contribution in [0.15, 0.2) is 159 Å². The fourth-order valence-corrected chi connectivity index (χ4v) is 6.15. The lowest BCUT2D eigenvalue weighted by Crippen LogP contribution is -2.25. The zero-order chi connectivity index (χ0) is 47.3. The van der Waals surface area contributed by atoms with Crippen LogP contribution < -0.4 is 0 Å². The van der Waals surface area contributed by atoms with Gasteiger partial charge in [0.15, 0.2) is 34.1 Å². The average molecular weight is 892 g/mol. The van der Waals surface area contributed by atoms with E-state index in [2.05, 4.69) is 15.0 Å². The van der Waals surface area contributed by atoms with Gasteiger partial charge in [-0.1, -0.05) is 72.8 Å². The maximum atomic E-state index is 11.1. The van der Waals surface area contributed by atoms with Crippen molar-refractivity contribution in [2.45, 2.75) is 45.2 Å². The molecule has 0 saturated heterocycles. The summed E-state index contributed by atoms with van der Waals surface area (Å²) in [7, 11) is 0. The molecule has 9 rings (SSSR count). The summed E-state index contributed by atoms with van der Waals surface area (Å²) in [6, 6.07) is 43.2. The number of aldehydes is 1. The minimum atomic E-state index is -1.42. The molecule has 0 spiro atoms. The number of carbonyl (C=O) groups is 4. The maximum Gasteiger partial charge on any atom is 0.227 e. The molecule has 5 N–H and O–H groups in total. The van der Waals surface area contributed by atoms with Gasteiger partial charge in [0.1, 0.15) is 53.9 Å². The molecule has 336 valence electrons. The Labute approximate surface area is 377 Å². The SMILES string of the molecule is CC(=O)CO.CC(=O)[C@@H](O)[C@H](O)c1ccc(-c2nc3ccccc3o2)cc1.CC(=O)[C@@H](O)[C@H](O)c1ccc(-c2nc3ccccc3o2)cc1.O=Cc1ccc(-c2nc3ccccc3o2)cc1. The van der Waals surface area contributed by atoms with Crippen LogP contribution >= 0.6 is 0 Å². The van der Waals surface area contributed by atoms with Gasteiger partial charge in [-0.25, -0.2) is 15.0 Å². The third kappa shape index (κ3) is 12.1. The Morgan fingerprint density at radius 2 is 0.773 bits per heavy atom. The molecule has 3 aromatic heterocycles. The number of aliphatic hydroxyl groups is 5. The number of aromatic nitrogens is 3. The largest absolute Gasteiger partial charge is 0.436 e. The standard InChI is InChI=1S/2C17H15NO4.C14H9NO2.C3H6O2/c2*1-10(19)15(20)16(21)11-6-8-12(9-7-11)17-18-13-4-2-3-5-14(13)22-17;16-9-10-5-7-11(8-6-10)14-15-12-3-1-2-4-13(12)17-14;1-3(5)2-4/h2*2-9,15-16,20-21H,1H3;1-9H;4H,2H2,1H3/t2*15-,16-;;/m11../s1. The Kier molecular flexibility index (Phi) is 16.0. The van der Waals surface area contributed by atoms with Crippen molar-refractivity contribution in [2.75, 3.05) is 6.61 Å². The molecule has 15 heteroatoms. The molecule has 66 heavy (non-hydrogen) atoms. The van der Waals surface area contributed by atoms with Crippen LogP contribution in [0, 0.1) is 0 Å². The normalized spacial score (nSPS) is 12.6. The van der Waals surface area contributed by atoms with Crippen LogP contribution in [-0.2, 0) is 14.4 Å². The summed E-state index contributed by atoms with van der Waals surface area (Å²) in [6.07, 6.45) is -4.51. The van der Waals surface area contributed by atoms with E-state index >= 15 is 0 Å². The summed E-state index contributed by atoms with van der Waals surface area (Å²) in [5.41, 5.74) is 8.49. The van der Waals surface area contributed by atoms with Crippen molar-refractivity contribution < 1.29 is 58.0 Å². The number of para-hydroxylation sites is 6. The lowest BCUT2D eigenvalue weighted by Gasteiger charge is -2.15. The predicted octanol–water partition coefficient (Wildman–Crippen LogP) is 7.83. The molecule has 0 amide bonds. The Morgan fingerprint density at radius 1 is 0.485 bits per heavy atom. The number of fused-ring (bicyclic) bond motifs is 3. The first-order chi connectivity index (χ1) is 31.8. The molecule has 0 radical (unpaired) electrons. The number of hydrogen-bond acceptors (Lipinski definition) is 15. The second-order valence-electron chi connectivity index (χ2n) is 14.8. The van der Waals surface area contributed by atoms with Crippen LogP contribution in [0.4, 0.5) is 0 Å². The van der Waals surface area contributed by atoms with Gasteiger partial charge in [0.2, 0.25) is 17.7 Å². The van der Waals surface area contributed by atoms with E-state index in [0.717, 1.165) is 45.1 Å². The highest BCUT2D eigenvalue weighted by atomic mass is 16.4. The average Bonchev–Trinajstić information content (AvgIpc) is 4.11. The number of rotatable bonds is 11. The van der Waals surface area contributed by atoms with E-state index < -0.39 is 36.0 Å². The molecule has 6 aromatic carbocycles. The van der Waals surface area contributed by atoms with E-state index in [1.165, 1.54) is 20.8 Å². The predicted molar refractivity (Wildman–Crippen MR) is 245 cm³/mol. The first kappa shape index (κ1) is 47.7. The van der Waals surface area contributed by atoms with Gasteiger partial charge in [0, 0.05) is 22.3 Å². The summed E-state index contributed by atoms with van der Waals surface area (Å²) in [5.74, 6) is 0.392. The van der Waals surface area contributed by atoms with Crippen LogP contribution in [0.25, 0.3) is 67.7 Å². The van der Waals surface area contributed by atoms with Gasteiger partial charge >= 0.3 is 0 Å². The van der Waals surface area contributed by atoms with Gasteiger partial charge in [-0.2, -0.15) is 0 Å². The van der Waals surface area contributed by atoms with Gasteiger partial charge in [-0.15, -0.1) is 0 Å². The number of nitrogens with zero attached hydrogens (tertiary/aromatic N) is 3. The Balaban J connectivity index is 0.000000157. The summed E-state index contributed by atoms with van der Waals surface area (Å²) in [5, 5.41) is 46.8. The molecule has 3 heterocycles. The van der Waals surface area contributed by atoms with Crippen molar-refractivity contribution in [1.29, 1.82) is 0 Å². The van der Waals surface area contributed by atoms with Crippen molar-refractivity contribution in [3.63, 3.8) is 0 Å². The number of Topliss-reactive ketones (excluding diaryl/α,β-unsaturated/α-hetero) is 3. The number of benzene rings is 6. The van der Waals surface area contributed by atoms with Crippen molar-refractivity contribution in [1.82, 2.24) is 15.0 Å². The highest BCUT2D eigenvalue weighted by Crippen LogP contribution is 2.29. The zero-order valence-electron chi connectivity index (χ0n) is 35.9. The quantitative estimate of drug-likeness (QED) is 0.0777. The molecule has 0 aliphatic rings. The number of ketones is 3. The highest BCUT2D eigenvalue weighted by Gasteiger charge is 2.24. The number of carbonyl (C=O) groups excluding carboxylic acids is 4. The monoisotopic (exact) mass is 891 g/mol. The smallest absolute Gasteiger partial charge is 0.227 e. The molecule has 0 saturated carbocycles. The van der Waals surface area contributed by atoms with Gasteiger partial charge in [0.05, 0.1) is 0 Å². The van der Waals surface area contributed by atoms with E-state index in [1.54, 1.807) is 60.7 Å². The maximum absolute atomic E-state index is 11.1. The molecule has 0 aliphatic heterocycles. The first-order valence-electron chi connectivity index (χ1n) is 20.4. The highest BCUT2D eigenvalue weighted by molar-refractivity contribution is 5.82. The van der Waals surface area contributed by atoms with Gasteiger partial charge in [0.25, 0.3) is 0 Å². The Morgan fingerprint density at radius 3 is 1.03 bits per heavy atom. The van der Waals surface area contributed by atoms with Crippen molar-refractivity contribution in [3.8, 4) is 34.4 Å². The Hall–Kier alpha value is -7.79. The molecule has 0 bridgehead atoms. The summed E-state index contributed by atoms with van der Waals surface area (Å²) < 4.78 is 17.0. The Bertz CT molecular complexity index is 2810. The molecular formula is C51H45N3O12. The summed E-state index contributed by atoms with van der Waals surface area (Å²) in [6.45, 7) is 3.47. The van der Waals surface area contributed by atoms with Crippen LogP contribution in [0.3, 0.4) is 0 Å². The third-order valence-electron chi connectivity index (χ3n) is 9.83. The van der Waals surface area contributed by atoms with E-state index in [1.807, 2.05) is 84.9 Å². The van der Waals surface area contributed by atoms with Crippen LogP contribution in [0.5, 0.6) is 0 Å². The number of oxazole rings is 3. The number of aliphatic hydroxyl groups excluding tert-OH is 5. The number of hydrogen-bond donors (Lipinski definition) is 5. The molecule has 0 unspecified atom stereocenters. The van der Waals surface area contributed by atoms with Gasteiger partial charge < -0.3 is 38.8 Å². The van der Waals surface area contributed by atoms with Gasteiger partial charge in [-0.3, -0.25) is 19.2 Å².